The molecule has 0 radical (unpaired) electrons. The monoisotopic (exact) mass is 362 g/mol. The summed E-state index contributed by atoms with van der Waals surface area (Å²) < 4.78 is 0. The first-order chi connectivity index (χ1) is 11.3. The second-order valence-electron chi connectivity index (χ2n) is 5.69. The SMILES string of the molecule is Cl.O=C(c1ccc(SCc2ccccc2)cc1)N1CCCNCC1. The van der Waals surface area contributed by atoms with Crippen LogP contribution in [0.1, 0.15) is 22.3 Å². The molecule has 1 aliphatic rings. The van der Waals surface area contributed by atoms with Crippen molar-refractivity contribution in [2.75, 3.05) is 26.2 Å². The molecule has 0 saturated carbocycles. The Morgan fingerprint density at radius 1 is 1.00 bits per heavy atom. The molecule has 1 fully saturated rings. The van der Waals surface area contributed by atoms with Gasteiger partial charge < -0.3 is 10.2 Å². The molecule has 1 amide bonds. The standard InChI is InChI=1S/C19H22N2OS.ClH/c22-19(21-13-4-11-20-12-14-21)17-7-9-18(10-8-17)23-15-16-5-2-1-3-6-16;/h1-3,5-10,20H,4,11-15H2;1H. The molecular formula is C19H23ClN2OS. The predicted octanol–water partition coefficient (Wildman–Crippen LogP) is 3.84. The molecular weight excluding hydrogens is 340 g/mol. The molecule has 1 aliphatic heterocycles. The smallest absolute Gasteiger partial charge is 0.253 e. The highest BCUT2D eigenvalue weighted by molar-refractivity contribution is 7.98. The number of thioether (sulfide) groups is 1. The molecule has 0 aromatic heterocycles. The van der Waals surface area contributed by atoms with E-state index in [1.807, 2.05) is 23.1 Å². The van der Waals surface area contributed by atoms with Gasteiger partial charge in [-0.15, -0.1) is 24.2 Å². The molecule has 1 saturated heterocycles. The van der Waals surface area contributed by atoms with E-state index in [1.54, 1.807) is 11.8 Å². The molecule has 3 rings (SSSR count). The van der Waals surface area contributed by atoms with Crippen molar-refractivity contribution in [3.05, 3.63) is 65.7 Å². The highest BCUT2D eigenvalue weighted by Crippen LogP contribution is 2.23. The predicted molar refractivity (Wildman–Crippen MR) is 103 cm³/mol. The van der Waals surface area contributed by atoms with Crippen molar-refractivity contribution in [2.45, 2.75) is 17.1 Å². The fourth-order valence-corrected chi connectivity index (χ4v) is 3.52. The highest BCUT2D eigenvalue weighted by Gasteiger charge is 2.16. The van der Waals surface area contributed by atoms with Gasteiger partial charge in [0.05, 0.1) is 0 Å². The number of rotatable bonds is 4. The molecule has 0 unspecified atom stereocenters. The molecule has 1 heterocycles. The first-order valence-corrected chi connectivity index (χ1v) is 9.08. The van der Waals surface area contributed by atoms with Gasteiger partial charge in [-0.1, -0.05) is 30.3 Å². The lowest BCUT2D eigenvalue weighted by atomic mass is 10.2. The van der Waals surface area contributed by atoms with Crippen molar-refractivity contribution < 1.29 is 4.79 Å². The van der Waals surface area contributed by atoms with Gasteiger partial charge in [-0.3, -0.25) is 4.79 Å². The Morgan fingerprint density at radius 3 is 2.50 bits per heavy atom. The quantitative estimate of drug-likeness (QED) is 0.839. The van der Waals surface area contributed by atoms with Crippen LogP contribution in [0.5, 0.6) is 0 Å². The second kappa shape index (κ2) is 9.72. The average molecular weight is 363 g/mol. The molecule has 0 aliphatic carbocycles. The summed E-state index contributed by atoms with van der Waals surface area (Å²) >= 11 is 1.80. The Hall–Kier alpha value is -1.49. The Kier molecular flexibility index (Phi) is 7.63. The Labute approximate surface area is 154 Å². The van der Waals surface area contributed by atoms with Crippen LogP contribution in [0.3, 0.4) is 0 Å². The minimum absolute atomic E-state index is 0. The normalized spacial score (nSPS) is 14.6. The minimum atomic E-state index is 0. The number of benzene rings is 2. The van der Waals surface area contributed by atoms with E-state index in [9.17, 15) is 4.79 Å². The maximum absolute atomic E-state index is 12.5. The van der Waals surface area contributed by atoms with Crippen molar-refractivity contribution in [1.29, 1.82) is 0 Å². The Balaban J connectivity index is 0.00000208. The summed E-state index contributed by atoms with van der Waals surface area (Å²) in [6.07, 6.45) is 1.02. The summed E-state index contributed by atoms with van der Waals surface area (Å²) in [6, 6.07) is 18.4. The molecule has 0 spiro atoms. The minimum Gasteiger partial charge on any atom is -0.337 e. The van der Waals surface area contributed by atoms with E-state index >= 15 is 0 Å². The highest BCUT2D eigenvalue weighted by atomic mass is 35.5. The molecule has 128 valence electrons. The van der Waals surface area contributed by atoms with Crippen molar-refractivity contribution >= 4 is 30.1 Å². The number of hydrogen-bond acceptors (Lipinski definition) is 3. The molecule has 0 atom stereocenters. The fraction of sp³-hybridized carbons (Fsp3) is 0.316. The van der Waals surface area contributed by atoms with Crippen molar-refractivity contribution in [3.63, 3.8) is 0 Å². The van der Waals surface area contributed by atoms with Crippen LogP contribution in [0.25, 0.3) is 0 Å². The van der Waals surface area contributed by atoms with Gasteiger partial charge in [0, 0.05) is 35.8 Å². The van der Waals surface area contributed by atoms with Crippen molar-refractivity contribution in [1.82, 2.24) is 10.2 Å². The molecule has 2 aromatic rings. The summed E-state index contributed by atoms with van der Waals surface area (Å²) in [7, 11) is 0. The van der Waals surface area contributed by atoms with E-state index in [-0.39, 0.29) is 18.3 Å². The van der Waals surface area contributed by atoms with Gasteiger partial charge in [-0.2, -0.15) is 0 Å². The Morgan fingerprint density at radius 2 is 1.75 bits per heavy atom. The molecule has 2 aromatic carbocycles. The number of nitrogens with one attached hydrogen (secondary N) is 1. The zero-order valence-electron chi connectivity index (χ0n) is 13.6. The van der Waals surface area contributed by atoms with Crippen LogP contribution in [0, 0.1) is 0 Å². The lowest BCUT2D eigenvalue weighted by Crippen LogP contribution is -2.34. The first-order valence-electron chi connectivity index (χ1n) is 8.10. The van der Waals surface area contributed by atoms with E-state index in [1.165, 1.54) is 10.5 Å². The maximum Gasteiger partial charge on any atom is 0.253 e. The molecule has 0 bridgehead atoms. The summed E-state index contributed by atoms with van der Waals surface area (Å²) in [5.74, 6) is 1.10. The van der Waals surface area contributed by atoms with E-state index in [0.717, 1.165) is 43.9 Å². The number of nitrogens with zero attached hydrogens (tertiary/aromatic N) is 1. The third-order valence-corrected chi connectivity index (χ3v) is 5.06. The molecule has 3 nitrogen and oxygen atoms in total. The van der Waals surface area contributed by atoms with Crippen molar-refractivity contribution in [3.8, 4) is 0 Å². The largest absolute Gasteiger partial charge is 0.337 e. The fourth-order valence-electron chi connectivity index (χ4n) is 2.67. The molecule has 1 N–H and O–H groups in total. The van der Waals surface area contributed by atoms with Crippen LogP contribution in [0.4, 0.5) is 0 Å². The van der Waals surface area contributed by atoms with Gasteiger partial charge in [0.25, 0.3) is 5.91 Å². The number of amides is 1. The second-order valence-corrected chi connectivity index (χ2v) is 6.74. The average Bonchev–Trinajstić information content (AvgIpc) is 2.90. The zero-order chi connectivity index (χ0) is 15.9. The maximum atomic E-state index is 12.5. The van der Waals surface area contributed by atoms with Gasteiger partial charge in [0.15, 0.2) is 0 Å². The van der Waals surface area contributed by atoms with E-state index in [2.05, 4.69) is 41.7 Å². The zero-order valence-corrected chi connectivity index (χ0v) is 15.2. The van der Waals surface area contributed by atoms with E-state index in [4.69, 9.17) is 0 Å². The van der Waals surface area contributed by atoms with Crippen molar-refractivity contribution in [2.24, 2.45) is 0 Å². The molecule has 24 heavy (non-hydrogen) atoms. The van der Waals surface area contributed by atoms with Crippen LogP contribution in [-0.2, 0) is 5.75 Å². The number of hydrogen-bond donors (Lipinski definition) is 1. The summed E-state index contributed by atoms with van der Waals surface area (Å²) in [4.78, 5) is 15.7. The van der Waals surface area contributed by atoms with Gasteiger partial charge >= 0.3 is 0 Å². The number of carbonyl (C=O) groups excluding carboxylic acids is 1. The lowest BCUT2D eigenvalue weighted by molar-refractivity contribution is 0.0766. The van der Waals surface area contributed by atoms with Crippen LogP contribution in [0.2, 0.25) is 0 Å². The topological polar surface area (TPSA) is 32.3 Å². The first kappa shape index (κ1) is 18.8. The third kappa shape index (κ3) is 5.26. The van der Waals surface area contributed by atoms with Crippen LogP contribution in [0.15, 0.2) is 59.5 Å². The number of carbonyl (C=O) groups is 1. The van der Waals surface area contributed by atoms with Gasteiger partial charge in [-0.25, -0.2) is 0 Å². The molecule has 5 heteroatoms. The van der Waals surface area contributed by atoms with Crippen LogP contribution < -0.4 is 5.32 Å². The van der Waals surface area contributed by atoms with E-state index in [0.29, 0.717) is 0 Å². The van der Waals surface area contributed by atoms with Gasteiger partial charge in [0.2, 0.25) is 0 Å². The van der Waals surface area contributed by atoms with Gasteiger partial charge in [-0.05, 0) is 42.8 Å². The van der Waals surface area contributed by atoms with E-state index < -0.39 is 0 Å². The summed E-state index contributed by atoms with van der Waals surface area (Å²) in [6.45, 7) is 3.52. The summed E-state index contributed by atoms with van der Waals surface area (Å²) in [5.41, 5.74) is 2.10. The van der Waals surface area contributed by atoms with Crippen LogP contribution in [-0.4, -0.2) is 37.0 Å². The lowest BCUT2D eigenvalue weighted by Gasteiger charge is -2.20. The summed E-state index contributed by atoms with van der Waals surface area (Å²) in [5, 5.41) is 3.33. The van der Waals surface area contributed by atoms with Gasteiger partial charge in [0.1, 0.15) is 0 Å². The number of halogens is 1. The third-order valence-electron chi connectivity index (χ3n) is 3.98. The Bertz CT molecular complexity index is 626. The van der Waals surface area contributed by atoms with Crippen LogP contribution >= 0.6 is 24.2 Å².